The second kappa shape index (κ2) is 5.32. The van der Waals surface area contributed by atoms with Gasteiger partial charge in [0.2, 0.25) is 0 Å². The fraction of sp³-hybridized carbons (Fsp3) is 0.0714. The fourth-order valence-corrected chi connectivity index (χ4v) is 2.40. The van der Waals surface area contributed by atoms with Crippen molar-refractivity contribution in [2.45, 2.75) is 6.92 Å². The zero-order valence-corrected chi connectivity index (χ0v) is 12.0. The number of carbonyl (C=O) groups is 1. The molecule has 0 aliphatic heterocycles. The summed E-state index contributed by atoms with van der Waals surface area (Å²) in [5.74, 6) is -0.255. The quantitative estimate of drug-likeness (QED) is 0.743. The summed E-state index contributed by atoms with van der Waals surface area (Å²) in [5, 5.41) is 2.81. The minimum absolute atomic E-state index is 0.255. The average molecular weight is 320 g/mol. The van der Waals surface area contributed by atoms with Crippen molar-refractivity contribution < 1.29 is 4.79 Å². The van der Waals surface area contributed by atoms with E-state index < -0.39 is 0 Å². The Hall–Kier alpha value is -2.01. The monoisotopic (exact) mass is 319 g/mol. The van der Waals surface area contributed by atoms with Crippen LogP contribution in [0.1, 0.15) is 15.9 Å². The second-order valence-corrected chi connectivity index (χ2v) is 5.23. The van der Waals surface area contributed by atoms with Gasteiger partial charge in [-0.05, 0) is 48.9 Å². The summed E-state index contributed by atoms with van der Waals surface area (Å²) in [4.78, 5) is 12.1. The molecule has 0 fully saturated rings. The van der Waals surface area contributed by atoms with E-state index in [1.165, 1.54) is 0 Å². The Morgan fingerprint density at radius 2 is 1.89 bits per heavy atom. The van der Waals surface area contributed by atoms with Gasteiger partial charge in [0.25, 0.3) is 5.91 Å². The SMILES string of the molecule is Cc1cc(Br)cc(NC(=O)c2ccc(N)cc2N)c1. The van der Waals surface area contributed by atoms with E-state index >= 15 is 0 Å². The van der Waals surface area contributed by atoms with Crippen molar-refractivity contribution in [1.29, 1.82) is 0 Å². The molecule has 0 spiro atoms. The van der Waals surface area contributed by atoms with Gasteiger partial charge in [0.05, 0.1) is 5.56 Å². The first kappa shape index (κ1) is 13.4. The van der Waals surface area contributed by atoms with Gasteiger partial charge < -0.3 is 16.8 Å². The number of nitrogens with two attached hydrogens (primary N) is 2. The van der Waals surface area contributed by atoms with Crippen LogP contribution in [0.4, 0.5) is 17.1 Å². The van der Waals surface area contributed by atoms with Gasteiger partial charge in [0.1, 0.15) is 0 Å². The van der Waals surface area contributed by atoms with Crippen molar-refractivity contribution in [3.8, 4) is 0 Å². The number of benzene rings is 2. The summed E-state index contributed by atoms with van der Waals surface area (Å²) in [6.45, 7) is 1.96. The van der Waals surface area contributed by atoms with Crippen molar-refractivity contribution in [1.82, 2.24) is 0 Å². The van der Waals surface area contributed by atoms with Crippen LogP contribution < -0.4 is 16.8 Å². The zero-order valence-electron chi connectivity index (χ0n) is 10.4. The molecule has 0 aliphatic rings. The van der Waals surface area contributed by atoms with Crippen molar-refractivity contribution in [3.05, 3.63) is 52.0 Å². The first-order chi connectivity index (χ1) is 8.95. The van der Waals surface area contributed by atoms with E-state index in [1.54, 1.807) is 18.2 Å². The molecule has 0 aliphatic carbocycles. The molecule has 5 N–H and O–H groups in total. The molecule has 19 heavy (non-hydrogen) atoms. The predicted molar refractivity (Wildman–Crippen MR) is 82.1 cm³/mol. The minimum Gasteiger partial charge on any atom is -0.399 e. The van der Waals surface area contributed by atoms with E-state index in [0.29, 0.717) is 22.6 Å². The largest absolute Gasteiger partial charge is 0.399 e. The number of rotatable bonds is 2. The Kier molecular flexibility index (Phi) is 3.76. The lowest BCUT2D eigenvalue weighted by Crippen LogP contribution is -2.14. The van der Waals surface area contributed by atoms with Gasteiger partial charge in [-0.3, -0.25) is 4.79 Å². The number of aryl methyl sites for hydroxylation is 1. The van der Waals surface area contributed by atoms with Crippen LogP contribution in [0.2, 0.25) is 0 Å². The first-order valence-electron chi connectivity index (χ1n) is 5.69. The number of hydrogen-bond donors (Lipinski definition) is 3. The molecule has 98 valence electrons. The maximum Gasteiger partial charge on any atom is 0.257 e. The van der Waals surface area contributed by atoms with Gasteiger partial charge in [-0.1, -0.05) is 15.9 Å². The molecular formula is C14H14BrN3O. The highest BCUT2D eigenvalue weighted by molar-refractivity contribution is 9.10. The minimum atomic E-state index is -0.255. The highest BCUT2D eigenvalue weighted by Gasteiger charge is 2.10. The van der Waals surface area contributed by atoms with E-state index in [0.717, 1.165) is 10.0 Å². The van der Waals surface area contributed by atoms with Crippen LogP contribution in [0.5, 0.6) is 0 Å². The van der Waals surface area contributed by atoms with E-state index in [1.807, 2.05) is 25.1 Å². The molecule has 0 atom stereocenters. The van der Waals surface area contributed by atoms with E-state index in [2.05, 4.69) is 21.2 Å². The molecular weight excluding hydrogens is 306 g/mol. The molecule has 5 heteroatoms. The van der Waals surface area contributed by atoms with Crippen LogP contribution >= 0.6 is 15.9 Å². The van der Waals surface area contributed by atoms with Crippen molar-refractivity contribution in [2.24, 2.45) is 0 Å². The van der Waals surface area contributed by atoms with E-state index in [-0.39, 0.29) is 5.91 Å². The normalized spacial score (nSPS) is 10.2. The number of nitrogen functional groups attached to an aromatic ring is 2. The van der Waals surface area contributed by atoms with Crippen LogP contribution in [0, 0.1) is 6.92 Å². The van der Waals surface area contributed by atoms with Gasteiger partial charge in [-0.15, -0.1) is 0 Å². The lowest BCUT2D eigenvalue weighted by atomic mass is 10.1. The maximum atomic E-state index is 12.1. The van der Waals surface area contributed by atoms with Crippen LogP contribution in [0.15, 0.2) is 40.9 Å². The lowest BCUT2D eigenvalue weighted by molar-refractivity contribution is 0.102. The molecule has 0 aromatic heterocycles. The molecule has 2 aromatic rings. The van der Waals surface area contributed by atoms with Gasteiger partial charge >= 0.3 is 0 Å². The number of anilines is 3. The Balaban J connectivity index is 2.25. The second-order valence-electron chi connectivity index (χ2n) is 4.32. The highest BCUT2D eigenvalue weighted by atomic mass is 79.9. The zero-order chi connectivity index (χ0) is 14.0. The molecule has 0 bridgehead atoms. The predicted octanol–water partition coefficient (Wildman–Crippen LogP) is 3.17. The highest BCUT2D eigenvalue weighted by Crippen LogP contribution is 2.21. The van der Waals surface area contributed by atoms with Crippen molar-refractivity contribution in [3.63, 3.8) is 0 Å². The number of nitrogens with one attached hydrogen (secondary N) is 1. The average Bonchev–Trinajstić information content (AvgIpc) is 2.26. The number of amides is 1. The van der Waals surface area contributed by atoms with E-state index in [9.17, 15) is 4.79 Å². The van der Waals surface area contributed by atoms with Gasteiger partial charge in [0.15, 0.2) is 0 Å². The molecule has 0 heterocycles. The van der Waals surface area contributed by atoms with E-state index in [4.69, 9.17) is 11.5 Å². The van der Waals surface area contributed by atoms with Crippen molar-refractivity contribution >= 4 is 38.9 Å². The Labute approximate surface area is 119 Å². The van der Waals surface area contributed by atoms with Crippen LogP contribution in [-0.4, -0.2) is 5.91 Å². The maximum absolute atomic E-state index is 12.1. The fourth-order valence-electron chi connectivity index (χ4n) is 1.79. The molecule has 2 aromatic carbocycles. The first-order valence-corrected chi connectivity index (χ1v) is 6.48. The molecule has 4 nitrogen and oxygen atoms in total. The van der Waals surface area contributed by atoms with Gasteiger partial charge in [-0.25, -0.2) is 0 Å². The van der Waals surface area contributed by atoms with Crippen molar-refractivity contribution in [2.75, 3.05) is 16.8 Å². The number of halogens is 1. The third kappa shape index (κ3) is 3.26. The molecule has 0 saturated heterocycles. The molecule has 0 saturated carbocycles. The van der Waals surface area contributed by atoms with Gasteiger partial charge in [-0.2, -0.15) is 0 Å². The third-order valence-electron chi connectivity index (χ3n) is 2.62. The van der Waals surface area contributed by atoms with Gasteiger partial charge in [0, 0.05) is 21.5 Å². The Morgan fingerprint density at radius 1 is 1.16 bits per heavy atom. The Morgan fingerprint density at radius 3 is 2.53 bits per heavy atom. The molecule has 1 amide bonds. The number of carbonyl (C=O) groups excluding carboxylic acids is 1. The standard InChI is InChI=1S/C14H14BrN3O/c1-8-4-9(15)6-11(5-8)18-14(19)12-3-2-10(16)7-13(12)17/h2-7H,16-17H2,1H3,(H,18,19). The van der Waals surface area contributed by atoms with Crippen LogP contribution in [0.3, 0.4) is 0 Å². The molecule has 2 rings (SSSR count). The summed E-state index contributed by atoms with van der Waals surface area (Å²) in [7, 11) is 0. The van der Waals surface area contributed by atoms with Crippen LogP contribution in [-0.2, 0) is 0 Å². The topological polar surface area (TPSA) is 81.1 Å². The smallest absolute Gasteiger partial charge is 0.257 e. The summed E-state index contributed by atoms with van der Waals surface area (Å²) >= 11 is 3.39. The summed E-state index contributed by atoms with van der Waals surface area (Å²) in [6.07, 6.45) is 0. The lowest BCUT2D eigenvalue weighted by Gasteiger charge is -2.09. The summed E-state index contributed by atoms with van der Waals surface area (Å²) in [6, 6.07) is 10.5. The van der Waals surface area contributed by atoms with Crippen LogP contribution in [0.25, 0.3) is 0 Å². The summed E-state index contributed by atoms with van der Waals surface area (Å²) in [5.41, 5.74) is 14.5. The Bertz CT molecular complexity index is 620. The summed E-state index contributed by atoms with van der Waals surface area (Å²) < 4.78 is 0.910. The molecule has 0 radical (unpaired) electrons. The number of hydrogen-bond acceptors (Lipinski definition) is 3. The third-order valence-corrected chi connectivity index (χ3v) is 3.08. The molecule has 0 unspecified atom stereocenters.